The van der Waals surface area contributed by atoms with Gasteiger partial charge in [0.15, 0.2) is 11.5 Å². The molecule has 0 N–H and O–H groups in total. The van der Waals surface area contributed by atoms with Crippen LogP contribution >= 0.6 is 11.8 Å². The monoisotopic (exact) mass is 439 g/mol. The number of amides is 1. The Bertz CT molecular complexity index is 1300. The number of fused-ring (bicyclic) bond motifs is 2. The van der Waals surface area contributed by atoms with E-state index in [0.29, 0.717) is 27.6 Å². The third-order valence-corrected chi connectivity index (χ3v) is 5.98. The molecule has 5 rings (SSSR count). The highest BCUT2D eigenvalue weighted by atomic mass is 32.2. The molecule has 0 spiro atoms. The Balaban J connectivity index is 1.44. The lowest BCUT2D eigenvalue weighted by atomic mass is 10.1. The first-order valence-electron chi connectivity index (χ1n) is 9.93. The second-order valence-corrected chi connectivity index (χ2v) is 8.00. The number of ether oxygens (including phenoxy) is 2. The van der Waals surface area contributed by atoms with Crippen LogP contribution < -0.4 is 14.4 Å². The summed E-state index contributed by atoms with van der Waals surface area (Å²) in [6.45, 7) is 0.168. The van der Waals surface area contributed by atoms with Crippen molar-refractivity contribution in [2.75, 3.05) is 17.4 Å². The van der Waals surface area contributed by atoms with Gasteiger partial charge in [0.2, 0.25) is 12.7 Å². The van der Waals surface area contributed by atoms with E-state index < -0.39 is 0 Å². The minimum absolute atomic E-state index is 0.108. The molecule has 2 heterocycles. The largest absolute Gasteiger partial charge is 0.454 e. The Morgan fingerprint density at radius 2 is 1.59 bits per heavy atom. The van der Waals surface area contributed by atoms with Gasteiger partial charge in [-0.3, -0.25) is 9.69 Å². The van der Waals surface area contributed by atoms with E-state index in [2.05, 4.69) is 11.1 Å². The van der Waals surface area contributed by atoms with Gasteiger partial charge in [0.1, 0.15) is 11.1 Å². The van der Waals surface area contributed by atoms with Crippen molar-refractivity contribution in [3.05, 3.63) is 84.4 Å². The van der Waals surface area contributed by atoms with Gasteiger partial charge in [0.05, 0.1) is 16.8 Å². The summed E-state index contributed by atoms with van der Waals surface area (Å²) in [5, 5.41) is 10.9. The second kappa shape index (κ2) is 8.61. The number of benzene rings is 3. The smallest absolute Gasteiger partial charge is 0.241 e. The predicted octanol–water partition coefficient (Wildman–Crippen LogP) is 5.29. The molecule has 0 unspecified atom stereocenters. The predicted molar refractivity (Wildman–Crippen MR) is 123 cm³/mol. The molecule has 0 fully saturated rings. The minimum Gasteiger partial charge on any atom is -0.454 e. The maximum absolute atomic E-state index is 13.3. The van der Waals surface area contributed by atoms with Gasteiger partial charge in [-0.2, -0.15) is 5.26 Å². The maximum atomic E-state index is 13.3. The number of anilines is 2. The molecule has 156 valence electrons. The molecule has 1 aliphatic heterocycles. The first kappa shape index (κ1) is 19.9. The molecule has 0 aliphatic carbocycles. The van der Waals surface area contributed by atoms with Crippen molar-refractivity contribution in [3.63, 3.8) is 0 Å². The third-order valence-electron chi connectivity index (χ3n) is 5.01. The molecular weight excluding hydrogens is 422 g/mol. The van der Waals surface area contributed by atoms with Crippen molar-refractivity contribution in [1.29, 1.82) is 5.26 Å². The van der Waals surface area contributed by atoms with Crippen LogP contribution in [-0.2, 0) is 4.79 Å². The Hall–Kier alpha value is -4.02. The van der Waals surface area contributed by atoms with Crippen LogP contribution in [0.25, 0.3) is 10.9 Å². The lowest BCUT2D eigenvalue weighted by Crippen LogP contribution is -2.27. The average molecular weight is 439 g/mol. The van der Waals surface area contributed by atoms with Gasteiger partial charge in [-0.1, -0.05) is 48.2 Å². The summed E-state index contributed by atoms with van der Waals surface area (Å²) in [5.74, 6) is 1.28. The molecule has 0 saturated heterocycles. The van der Waals surface area contributed by atoms with E-state index in [-0.39, 0.29) is 18.5 Å². The fourth-order valence-electron chi connectivity index (χ4n) is 3.52. The van der Waals surface area contributed by atoms with Gasteiger partial charge in [0.25, 0.3) is 0 Å². The topological polar surface area (TPSA) is 75.5 Å². The van der Waals surface area contributed by atoms with E-state index in [1.54, 1.807) is 17.0 Å². The van der Waals surface area contributed by atoms with Crippen molar-refractivity contribution in [3.8, 4) is 17.6 Å². The number of aromatic nitrogens is 1. The summed E-state index contributed by atoms with van der Waals surface area (Å²) in [5.41, 5.74) is 2.67. The third kappa shape index (κ3) is 3.84. The van der Waals surface area contributed by atoms with Crippen molar-refractivity contribution in [1.82, 2.24) is 4.98 Å². The van der Waals surface area contributed by atoms with Crippen LogP contribution in [0, 0.1) is 11.3 Å². The summed E-state index contributed by atoms with van der Waals surface area (Å²) in [4.78, 5) is 19.6. The SMILES string of the molecule is N#Cc1cc2cc3c(cc2nc1SCC(=O)N(c1ccccc1)c1ccccc1)OCO3. The van der Waals surface area contributed by atoms with Gasteiger partial charge in [-0.25, -0.2) is 4.98 Å². The second-order valence-electron chi connectivity index (χ2n) is 7.04. The first-order valence-corrected chi connectivity index (χ1v) is 10.9. The Kier molecular flexibility index (Phi) is 5.36. The van der Waals surface area contributed by atoms with Crippen LogP contribution in [0.2, 0.25) is 0 Å². The summed E-state index contributed by atoms with van der Waals surface area (Å²) in [6.07, 6.45) is 0. The number of para-hydroxylation sites is 2. The normalized spacial score (nSPS) is 11.8. The number of pyridine rings is 1. The number of nitriles is 1. The quantitative estimate of drug-likeness (QED) is 0.393. The maximum Gasteiger partial charge on any atom is 0.241 e. The molecule has 0 saturated carbocycles. The molecule has 7 heteroatoms. The zero-order chi connectivity index (χ0) is 21.9. The van der Waals surface area contributed by atoms with Crippen molar-refractivity contribution < 1.29 is 14.3 Å². The number of nitrogens with zero attached hydrogens (tertiary/aromatic N) is 3. The molecule has 0 radical (unpaired) electrons. The fourth-order valence-corrected chi connectivity index (χ4v) is 4.33. The first-order chi connectivity index (χ1) is 15.7. The Morgan fingerprint density at radius 1 is 0.969 bits per heavy atom. The number of carbonyl (C=O) groups is 1. The van der Waals surface area contributed by atoms with E-state index in [1.165, 1.54) is 11.8 Å². The van der Waals surface area contributed by atoms with Crippen LogP contribution in [0.1, 0.15) is 5.56 Å². The number of rotatable bonds is 5. The molecule has 3 aromatic carbocycles. The van der Waals surface area contributed by atoms with Crippen LogP contribution in [0.5, 0.6) is 11.5 Å². The molecule has 0 atom stereocenters. The van der Waals surface area contributed by atoms with Gasteiger partial charge in [-0.15, -0.1) is 0 Å². The zero-order valence-electron chi connectivity index (χ0n) is 16.9. The number of hydrogen-bond acceptors (Lipinski definition) is 6. The molecule has 1 amide bonds. The summed E-state index contributed by atoms with van der Waals surface area (Å²) >= 11 is 1.25. The van der Waals surface area contributed by atoms with Gasteiger partial charge in [-0.05, 0) is 36.4 Å². The molecule has 0 bridgehead atoms. The lowest BCUT2D eigenvalue weighted by Gasteiger charge is -2.23. The van der Waals surface area contributed by atoms with Gasteiger partial charge in [0, 0.05) is 22.8 Å². The number of thioether (sulfide) groups is 1. The van der Waals surface area contributed by atoms with Crippen molar-refractivity contribution in [2.45, 2.75) is 5.03 Å². The van der Waals surface area contributed by atoms with Crippen LogP contribution in [0.15, 0.2) is 83.9 Å². The van der Waals surface area contributed by atoms with E-state index in [9.17, 15) is 10.1 Å². The molecule has 1 aliphatic rings. The molecule has 1 aromatic heterocycles. The van der Waals surface area contributed by atoms with Crippen LogP contribution in [0.3, 0.4) is 0 Å². The fraction of sp³-hybridized carbons (Fsp3) is 0.0800. The zero-order valence-corrected chi connectivity index (χ0v) is 17.7. The van der Waals surface area contributed by atoms with Gasteiger partial charge < -0.3 is 9.47 Å². The van der Waals surface area contributed by atoms with Crippen molar-refractivity contribution >= 4 is 39.9 Å². The van der Waals surface area contributed by atoms with E-state index in [1.807, 2.05) is 66.7 Å². The van der Waals surface area contributed by atoms with E-state index >= 15 is 0 Å². The molecule has 6 nitrogen and oxygen atoms in total. The number of carbonyl (C=O) groups excluding carboxylic acids is 1. The van der Waals surface area contributed by atoms with E-state index in [4.69, 9.17) is 9.47 Å². The highest BCUT2D eigenvalue weighted by molar-refractivity contribution is 8.00. The summed E-state index contributed by atoms with van der Waals surface area (Å²) in [7, 11) is 0. The number of hydrogen-bond donors (Lipinski definition) is 0. The lowest BCUT2D eigenvalue weighted by molar-refractivity contribution is -0.115. The summed E-state index contributed by atoms with van der Waals surface area (Å²) in [6, 6.07) is 26.6. The van der Waals surface area contributed by atoms with Gasteiger partial charge >= 0.3 is 0 Å². The molecule has 32 heavy (non-hydrogen) atoms. The standard InChI is InChI=1S/C25H17N3O3S/c26-14-18-11-17-12-22-23(31-16-30-22)13-21(17)27-25(18)32-15-24(29)28(19-7-3-1-4-8-19)20-9-5-2-6-10-20/h1-13H,15-16H2. The summed E-state index contributed by atoms with van der Waals surface area (Å²) < 4.78 is 10.8. The highest BCUT2D eigenvalue weighted by Crippen LogP contribution is 2.37. The van der Waals surface area contributed by atoms with E-state index in [0.717, 1.165) is 16.8 Å². The highest BCUT2D eigenvalue weighted by Gasteiger charge is 2.20. The Labute approximate surface area is 189 Å². The average Bonchev–Trinajstić information content (AvgIpc) is 3.29. The molecule has 4 aromatic rings. The van der Waals surface area contributed by atoms with Crippen molar-refractivity contribution in [2.24, 2.45) is 0 Å². The minimum atomic E-state index is -0.108. The molecular formula is C25H17N3O3S. The van der Waals surface area contributed by atoms with Crippen LogP contribution in [-0.4, -0.2) is 23.4 Å². The van der Waals surface area contributed by atoms with Crippen LogP contribution in [0.4, 0.5) is 11.4 Å². The Morgan fingerprint density at radius 3 is 2.22 bits per heavy atom.